The van der Waals surface area contributed by atoms with Crippen LogP contribution in [0.5, 0.6) is 0 Å². The van der Waals surface area contributed by atoms with Gasteiger partial charge < -0.3 is 5.73 Å². The van der Waals surface area contributed by atoms with Gasteiger partial charge in [0.05, 0.1) is 0 Å². The summed E-state index contributed by atoms with van der Waals surface area (Å²) in [7, 11) is 0. The molecule has 1 fully saturated rings. The lowest BCUT2D eigenvalue weighted by Gasteiger charge is -2.25. The molecule has 0 bridgehead atoms. The van der Waals surface area contributed by atoms with Gasteiger partial charge in [0.1, 0.15) is 0 Å². The average molecular weight is 168 g/mol. The van der Waals surface area contributed by atoms with Gasteiger partial charge in [-0.25, -0.2) is 0 Å². The van der Waals surface area contributed by atoms with Crippen molar-refractivity contribution >= 4 is 0 Å². The standard InChI is InChI=1S/C11H22N/c1-2-7-10-8-5-3-4-6-9-11(10)12/h11H,2-9,12H2,1H3. The fourth-order valence-electron chi connectivity index (χ4n) is 2.09. The maximum absolute atomic E-state index is 6.10. The van der Waals surface area contributed by atoms with Crippen LogP contribution >= 0.6 is 0 Å². The van der Waals surface area contributed by atoms with Gasteiger partial charge in [-0.3, -0.25) is 0 Å². The summed E-state index contributed by atoms with van der Waals surface area (Å²) in [6.45, 7) is 2.25. The summed E-state index contributed by atoms with van der Waals surface area (Å²) in [5, 5.41) is 0. The highest BCUT2D eigenvalue weighted by Gasteiger charge is 2.18. The SMILES string of the molecule is CCC[C]1CCCCCCC1N. The molecule has 1 radical (unpaired) electrons. The summed E-state index contributed by atoms with van der Waals surface area (Å²) in [6.07, 6.45) is 10.6. The molecule has 1 aliphatic carbocycles. The van der Waals surface area contributed by atoms with Gasteiger partial charge in [-0.2, -0.15) is 0 Å². The smallest absolute Gasteiger partial charge is 0.0101 e. The highest BCUT2D eigenvalue weighted by Crippen LogP contribution is 2.26. The second-order valence-electron chi connectivity index (χ2n) is 3.97. The van der Waals surface area contributed by atoms with E-state index in [4.69, 9.17) is 5.73 Å². The van der Waals surface area contributed by atoms with Crippen molar-refractivity contribution in [2.24, 2.45) is 5.73 Å². The molecule has 0 amide bonds. The predicted octanol–water partition coefficient (Wildman–Crippen LogP) is 3.04. The van der Waals surface area contributed by atoms with Crippen LogP contribution in [-0.2, 0) is 0 Å². The summed E-state index contributed by atoms with van der Waals surface area (Å²) in [4.78, 5) is 0. The van der Waals surface area contributed by atoms with Crippen LogP contribution in [-0.4, -0.2) is 6.04 Å². The molecule has 0 aromatic carbocycles. The van der Waals surface area contributed by atoms with E-state index in [1.165, 1.54) is 51.4 Å². The Morgan fingerprint density at radius 1 is 1.25 bits per heavy atom. The molecular weight excluding hydrogens is 146 g/mol. The number of hydrogen-bond acceptors (Lipinski definition) is 1. The van der Waals surface area contributed by atoms with Crippen LogP contribution in [0, 0.1) is 5.92 Å². The largest absolute Gasteiger partial charge is 0.327 e. The van der Waals surface area contributed by atoms with E-state index in [0.29, 0.717) is 6.04 Å². The lowest BCUT2D eigenvalue weighted by atomic mass is 9.85. The van der Waals surface area contributed by atoms with Gasteiger partial charge in [0.2, 0.25) is 0 Å². The molecule has 1 unspecified atom stereocenters. The first-order chi connectivity index (χ1) is 5.84. The van der Waals surface area contributed by atoms with E-state index < -0.39 is 0 Å². The lowest BCUT2D eigenvalue weighted by molar-refractivity contribution is 0.457. The Bertz CT molecular complexity index is 112. The fourth-order valence-corrected chi connectivity index (χ4v) is 2.09. The Morgan fingerprint density at radius 2 is 2.00 bits per heavy atom. The van der Waals surface area contributed by atoms with E-state index in [9.17, 15) is 0 Å². The van der Waals surface area contributed by atoms with Crippen molar-refractivity contribution in [1.82, 2.24) is 0 Å². The molecule has 0 saturated heterocycles. The number of rotatable bonds is 2. The quantitative estimate of drug-likeness (QED) is 0.674. The maximum atomic E-state index is 6.10. The molecule has 12 heavy (non-hydrogen) atoms. The van der Waals surface area contributed by atoms with Gasteiger partial charge in [0.15, 0.2) is 0 Å². The van der Waals surface area contributed by atoms with E-state index in [1.807, 2.05) is 0 Å². The molecular formula is C11H22N. The Morgan fingerprint density at radius 3 is 2.75 bits per heavy atom. The van der Waals surface area contributed by atoms with Gasteiger partial charge in [0.25, 0.3) is 0 Å². The van der Waals surface area contributed by atoms with Crippen molar-refractivity contribution in [3.05, 3.63) is 5.92 Å². The van der Waals surface area contributed by atoms with Crippen molar-refractivity contribution in [3.8, 4) is 0 Å². The van der Waals surface area contributed by atoms with Crippen molar-refractivity contribution in [1.29, 1.82) is 0 Å². The van der Waals surface area contributed by atoms with Crippen LogP contribution in [0.15, 0.2) is 0 Å². The normalized spacial score (nSPS) is 28.0. The maximum Gasteiger partial charge on any atom is 0.0101 e. The Hall–Kier alpha value is -0.0400. The first kappa shape index (κ1) is 10.0. The monoisotopic (exact) mass is 168 g/mol. The summed E-state index contributed by atoms with van der Waals surface area (Å²) >= 11 is 0. The minimum atomic E-state index is 0.422. The number of hydrogen-bond donors (Lipinski definition) is 1. The second kappa shape index (κ2) is 5.58. The van der Waals surface area contributed by atoms with E-state index in [-0.39, 0.29) is 0 Å². The molecule has 1 atom stereocenters. The second-order valence-corrected chi connectivity index (χ2v) is 3.97. The highest BCUT2D eigenvalue weighted by atomic mass is 14.6. The summed E-state index contributed by atoms with van der Waals surface area (Å²) in [5.41, 5.74) is 6.10. The minimum absolute atomic E-state index is 0.422. The third-order valence-corrected chi connectivity index (χ3v) is 2.86. The predicted molar refractivity (Wildman–Crippen MR) is 53.8 cm³/mol. The van der Waals surface area contributed by atoms with Crippen molar-refractivity contribution in [2.75, 3.05) is 0 Å². The Kier molecular flexibility index (Phi) is 4.67. The molecule has 71 valence electrons. The van der Waals surface area contributed by atoms with Gasteiger partial charge in [0, 0.05) is 6.04 Å². The molecule has 2 N–H and O–H groups in total. The van der Waals surface area contributed by atoms with Gasteiger partial charge in [-0.15, -0.1) is 0 Å². The van der Waals surface area contributed by atoms with Crippen LogP contribution in [0.3, 0.4) is 0 Å². The zero-order chi connectivity index (χ0) is 8.81. The molecule has 1 nitrogen and oxygen atoms in total. The first-order valence-corrected chi connectivity index (χ1v) is 5.44. The van der Waals surface area contributed by atoms with E-state index in [0.717, 1.165) is 0 Å². The fraction of sp³-hybridized carbons (Fsp3) is 0.909. The molecule has 0 aromatic heterocycles. The molecule has 1 aliphatic rings. The molecule has 0 spiro atoms. The van der Waals surface area contributed by atoms with Crippen molar-refractivity contribution in [2.45, 2.75) is 64.3 Å². The molecule has 1 rings (SSSR count). The third kappa shape index (κ3) is 3.14. The zero-order valence-corrected chi connectivity index (χ0v) is 8.31. The van der Waals surface area contributed by atoms with Crippen LogP contribution in [0.2, 0.25) is 0 Å². The third-order valence-electron chi connectivity index (χ3n) is 2.86. The summed E-state index contributed by atoms with van der Waals surface area (Å²) in [5.74, 6) is 1.64. The van der Waals surface area contributed by atoms with Crippen LogP contribution in [0.25, 0.3) is 0 Å². The molecule has 1 saturated carbocycles. The Labute approximate surface area is 76.7 Å². The van der Waals surface area contributed by atoms with Crippen molar-refractivity contribution < 1.29 is 0 Å². The van der Waals surface area contributed by atoms with E-state index in [1.54, 1.807) is 5.92 Å². The summed E-state index contributed by atoms with van der Waals surface area (Å²) in [6, 6.07) is 0.422. The van der Waals surface area contributed by atoms with Gasteiger partial charge in [-0.05, 0) is 25.2 Å². The minimum Gasteiger partial charge on any atom is -0.327 e. The van der Waals surface area contributed by atoms with Crippen LogP contribution in [0.1, 0.15) is 58.3 Å². The van der Waals surface area contributed by atoms with Crippen molar-refractivity contribution in [3.63, 3.8) is 0 Å². The average Bonchev–Trinajstić information content (AvgIpc) is 2.05. The van der Waals surface area contributed by atoms with E-state index in [2.05, 4.69) is 6.92 Å². The molecule has 0 heterocycles. The Balaban J connectivity index is 2.32. The van der Waals surface area contributed by atoms with Crippen LogP contribution in [0.4, 0.5) is 0 Å². The van der Waals surface area contributed by atoms with Gasteiger partial charge in [-0.1, -0.05) is 39.0 Å². The molecule has 0 aliphatic heterocycles. The highest BCUT2D eigenvalue weighted by molar-refractivity contribution is 4.99. The topological polar surface area (TPSA) is 26.0 Å². The summed E-state index contributed by atoms with van der Waals surface area (Å²) < 4.78 is 0. The zero-order valence-electron chi connectivity index (χ0n) is 8.31. The molecule has 1 heteroatoms. The van der Waals surface area contributed by atoms with Crippen LogP contribution < -0.4 is 5.73 Å². The number of nitrogens with two attached hydrogens (primary N) is 1. The van der Waals surface area contributed by atoms with Gasteiger partial charge >= 0.3 is 0 Å². The van der Waals surface area contributed by atoms with E-state index >= 15 is 0 Å². The lowest BCUT2D eigenvalue weighted by Crippen LogP contribution is -2.29. The molecule has 0 aromatic rings. The first-order valence-electron chi connectivity index (χ1n) is 5.44.